The minimum absolute atomic E-state index is 0.0172. The molecule has 0 radical (unpaired) electrons. The predicted octanol–water partition coefficient (Wildman–Crippen LogP) is 2.20. The van der Waals surface area contributed by atoms with Gasteiger partial charge in [-0.3, -0.25) is 10.1 Å². The van der Waals surface area contributed by atoms with Crippen LogP contribution in [0.2, 0.25) is 0 Å². The minimum Gasteiger partial charge on any atom is -0.258 e. The molecule has 0 saturated carbocycles. The summed E-state index contributed by atoms with van der Waals surface area (Å²) < 4.78 is 26.3. The predicted molar refractivity (Wildman–Crippen MR) is 80.5 cm³/mol. The van der Waals surface area contributed by atoms with E-state index in [2.05, 4.69) is 6.92 Å². The third kappa shape index (κ3) is 3.59. The maximum Gasteiger partial charge on any atom is 0.269 e. The molecule has 0 aliphatic carbocycles. The third-order valence-electron chi connectivity index (χ3n) is 4.24. The summed E-state index contributed by atoms with van der Waals surface area (Å²) in [7, 11) is -3.27. The Morgan fingerprint density at radius 1 is 1.29 bits per heavy atom. The van der Waals surface area contributed by atoms with E-state index in [1.807, 2.05) is 6.92 Å². The fraction of sp³-hybridized carbons (Fsp3) is 0.571. The summed E-state index contributed by atoms with van der Waals surface area (Å²) in [6.07, 6.45) is 1.27. The van der Waals surface area contributed by atoms with Crippen LogP contribution in [0.5, 0.6) is 0 Å². The first-order chi connectivity index (χ1) is 9.81. The summed E-state index contributed by atoms with van der Waals surface area (Å²) in [5, 5.41) is 10.6. The second kappa shape index (κ2) is 6.11. The average Bonchev–Trinajstić information content (AvgIpc) is 2.78. The van der Waals surface area contributed by atoms with Crippen molar-refractivity contribution in [3.63, 3.8) is 0 Å². The van der Waals surface area contributed by atoms with Crippen LogP contribution in [-0.4, -0.2) is 36.0 Å². The van der Waals surface area contributed by atoms with Crippen molar-refractivity contribution >= 4 is 15.7 Å². The van der Waals surface area contributed by atoms with E-state index in [0.717, 1.165) is 12.0 Å². The van der Waals surface area contributed by atoms with Gasteiger partial charge in [-0.05, 0) is 31.2 Å². The van der Waals surface area contributed by atoms with Crippen LogP contribution in [0.25, 0.3) is 0 Å². The van der Waals surface area contributed by atoms with Crippen LogP contribution in [0, 0.1) is 16.0 Å². The van der Waals surface area contributed by atoms with Crippen molar-refractivity contribution in [1.82, 2.24) is 4.31 Å². The number of benzene rings is 1. The summed E-state index contributed by atoms with van der Waals surface area (Å²) in [5.41, 5.74) is 0.813. The van der Waals surface area contributed by atoms with E-state index in [9.17, 15) is 18.5 Å². The van der Waals surface area contributed by atoms with Gasteiger partial charge >= 0.3 is 0 Å². The summed E-state index contributed by atoms with van der Waals surface area (Å²) in [6, 6.07) is 6.09. The lowest BCUT2D eigenvalue weighted by molar-refractivity contribution is -0.384. The first-order valence-electron chi connectivity index (χ1n) is 7.04. The van der Waals surface area contributed by atoms with Gasteiger partial charge < -0.3 is 0 Å². The molecule has 0 amide bonds. The summed E-state index contributed by atoms with van der Waals surface area (Å²) >= 11 is 0. The van der Waals surface area contributed by atoms with Crippen molar-refractivity contribution in [2.75, 3.05) is 12.3 Å². The Morgan fingerprint density at radius 2 is 1.90 bits per heavy atom. The van der Waals surface area contributed by atoms with Gasteiger partial charge in [-0.1, -0.05) is 19.1 Å². The molecule has 7 heteroatoms. The first kappa shape index (κ1) is 15.9. The van der Waals surface area contributed by atoms with Gasteiger partial charge in [0.25, 0.3) is 5.69 Å². The molecule has 1 aliphatic heterocycles. The normalized spacial score (nSPS) is 23.3. The number of nitrogens with zero attached hydrogens (tertiary/aromatic N) is 2. The molecule has 1 fully saturated rings. The number of nitro benzene ring substituents is 1. The molecule has 116 valence electrons. The molecule has 0 unspecified atom stereocenters. The molecule has 0 bridgehead atoms. The lowest BCUT2D eigenvalue weighted by atomic mass is 10.1. The zero-order valence-corrected chi connectivity index (χ0v) is 13.0. The Hall–Kier alpha value is -1.47. The van der Waals surface area contributed by atoms with Crippen LogP contribution in [-0.2, 0) is 16.4 Å². The molecule has 1 aromatic rings. The second-order valence-corrected chi connectivity index (χ2v) is 7.65. The van der Waals surface area contributed by atoms with Crippen molar-refractivity contribution in [2.24, 2.45) is 5.92 Å². The van der Waals surface area contributed by atoms with Crippen LogP contribution in [0.1, 0.15) is 25.8 Å². The van der Waals surface area contributed by atoms with Crippen molar-refractivity contribution in [3.05, 3.63) is 39.9 Å². The molecule has 0 spiro atoms. The zero-order valence-electron chi connectivity index (χ0n) is 12.2. The van der Waals surface area contributed by atoms with Crippen LogP contribution in [0.3, 0.4) is 0 Å². The Labute approximate surface area is 125 Å². The molecule has 1 aromatic carbocycles. The molecular formula is C14H20N2O4S. The maximum atomic E-state index is 12.4. The average molecular weight is 312 g/mol. The highest BCUT2D eigenvalue weighted by atomic mass is 32.2. The molecule has 1 heterocycles. The zero-order chi connectivity index (χ0) is 15.6. The Bertz CT molecular complexity index is 612. The molecule has 2 atom stereocenters. The number of hydrogen-bond acceptors (Lipinski definition) is 4. The molecule has 1 aliphatic rings. The van der Waals surface area contributed by atoms with E-state index < -0.39 is 14.9 Å². The minimum atomic E-state index is -3.27. The van der Waals surface area contributed by atoms with Crippen LogP contribution in [0.4, 0.5) is 5.69 Å². The fourth-order valence-corrected chi connectivity index (χ4v) is 4.43. The van der Waals surface area contributed by atoms with Gasteiger partial charge in [0.1, 0.15) is 0 Å². The second-order valence-electron chi connectivity index (χ2n) is 5.61. The highest BCUT2D eigenvalue weighted by Gasteiger charge is 2.35. The van der Waals surface area contributed by atoms with Crippen molar-refractivity contribution < 1.29 is 13.3 Å². The molecule has 2 rings (SSSR count). The van der Waals surface area contributed by atoms with E-state index in [1.165, 1.54) is 12.1 Å². The Balaban J connectivity index is 2.00. The third-order valence-corrected chi connectivity index (χ3v) is 6.19. The molecule has 21 heavy (non-hydrogen) atoms. The highest BCUT2D eigenvalue weighted by Crippen LogP contribution is 2.26. The molecule has 0 N–H and O–H groups in total. The van der Waals surface area contributed by atoms with Gasteiger partial charge in [0.15, 0.2) is 0 Å². The van der Waals surface area contributed by atoms with Crippen molar-refractivity contribution in [2.45, 2.75) is 32.7 Å². The lowest BCUT2D eigenvalue weighted by Crippen LogP contribution is -2.37. The smallest absolute Gasteiger partial charge is 0.258 e. The van der Waals surface area contributed by atoms with Gasteiger partial charge in [-0.25, -0.2) is 8.42 Å². The maximum absolute atomic E-state index is 12.4. The van der Waals surface area contributed by atoms with E-state index in [0.29, 0.717) is 18.9 Å². The van der Waals surface area contributed by atoms with Gasteiger partial charge in [0, 0.05) is 24.7 Å². The summed E-state index contributed by atoms with van der Waals surface area (Å²) in [6.45, 7) is 4.60. The van der Waals surface area contributed by atoms with Gasteiger partial charge in [0.05, 0.1) is 10.7 Å². The number of non-ortho nitro benzene ring substituents is 1. The number of hydrogen-bond donors (Lipinski definition) is 0. The van der Waals surface area contributed by atoms with E-state index in [-0.39, 0.29) is 17.5 Å². The monoisotopic (exact) mass is 312 g/mol. The van der Waals surface area contributed by atoms with Crippen molar-refractivity contribution in [3.8, 4) is 0 Å². The molecular weight excluding hydrogens is 292 g/mol. The topological polar surface area (TPSA) is 80.5 Å². The first-order valence-corrected chi connectivity index (χ1v) is 8.65. The Morgan fingerprint density at radius 3 is 2.38 bits per heavy atom. The standard InChI is InChI=1S/C14H20N2O4S/c1-11-7-9-15(12(11)2)21(19,20)10-8-13-3-5-14(6-4-13)16(17)18/h3-6,11-12H,7-10H2,1-2H3/t11-,12+/m1/s1. The van der Waals surface area contributed by atoms with Gasteiger partial charge in [-0.2, -0.15) is 4.31 Å². The molecule has 0 aromatic heterocycles. The van der Waals surface area contributed by atoms with E-state index in [1.54, 1.807) is 16.4 Å². The summed E-state index contributed by atoms with van der Waals surface area (Å²) in [4.78, 5) is 10.1. The van der Waals surface area contributed by atoms with E-state index >= 15 is 0 Å². The fourth-order valence-electron chi connectivity index (χ4n) is 2.60. The lowest BCUT2D eigenvalue weighted by Gasteiger charge is -2.22. The molecule has 6 nitrogen and oxygen atoms in total. The molecule has 1 saturated heterocycles. The summed E-state index contributed by atoms with van der Waals surface area (Å²) in [5.74, 6) is 0.432. The number of nitro groups is 1. The SMILES string of the molecule is C[C@@H]1CCN(S(=O)(=O)CCc2ccc([N+](=O)[O-])cc2)[C@H]1C. The van der Waals surface area contributed by atoms with Crippen molar-refractivity contribution in [1.29, 1.82) is 0 Å². The largest absolute Gasteiger partial charge is 0.269 e. The van der Waals surface area contributed by atoms with Crippen LogP contribution >= 0.6 is 0 Å². The quantitative estimate of drug-likeness (QED) is 0.616. The number of sulfonamides is 1. The van der Waals surface area contributed by atoms with Crippen LogP contribution < -0.4 is 0 Å². The van der Waals surface area contributed by atoms with E-state index in [4.69, 9.17) is 0 Å². The Kier molecular flexibility index (Phi) is 4.63. The van der Waals surface area contributed by atoms with Gasteiger partial charge in [-0.15, -0.1) is 0 Å². The van der Waals surface area contributed by atoms with Gasteiger partial charge in [0.2, 0.25) is 10.0 Å². The van der Waals surface area contributed by atoms with Crippen LogP contribution in [0.15, 0.2) is 24.3 Å². The highest BCUT2D eigenvalue weighted by molar-refractivity contribution is 7.89. The number of aryl methyl sites for hydroxylation is 1. The number of rotatable bonds is 5.